The number of rotatable bonds is 7. The Balaban J connectivity index is 2.07. The van der Waals surface area contributed by atoms with Gasteiger partial charge in [-0.05, 0) is 42.9 Å². The van der Waals surface area contributed by atoms with Crippen LogP contribution in [0.15, 0.2) is 12.1 Å². The van der Waals surface area contributed by atoms with Crippen LogP contribution in [0.1, 0.15) is 44.6 Å². The summed E-state index contributed by atoms with van der Waals surface area (Å²) in [6.45, 7) is 3.97. The minimum absolute atomic E-state index is 0.173. The predicted octanol–water partition coefficient (Wildman–Crippen LogP) is 3.68. The molecule has 0 spiro atoms. The third kappa shape index (κ3) is 5.03. The summed E-state index contributed by atoms with van der Waals surface area (Å²) in [6.07, 6.45) is 6.32. The van der Waals surface area contributed by atoms with E-state index in [9.17, 15) is 4.79 Å². The highest BCUT2D eigenvalue weighted by molar-refractivity contribution is 5.79. The van der Waals surface area contributed by atoms with E-state index in [0.717, 1.165) is 37.4 Å². The van der Waals surface area contributed by atoms with Crippen LogP contribution in [0.5, 0.6) is 17.2 Å². The lowest BCUT2D eigenvalue weighted by atomic mass is 9.96. The summed E-state index contributed by atoms with van der Waals surface area (Å²) >= 11 is 0. The fraction of sp³-hybridized carbons (Fsp3) is 0.650. The molecule has 0 N–H and O–H groups in total. The largest absolute Gasteiger partial charge is 0.493 e. The molecule has 1 heterocycles. The van der Waals surface area contributed by atoms with E-state index in [1.807, 2.05) is 17.0 Å². The number of ether oxygens (including phenoxy) is 3. The van der Waals surface area contributed by atoms with E-state index >= 15 is 0 Å². The van der Waals surface area contributed by atoms with Crippen LogP contribution in [0.3, 0.4) is 0 Å². The average molecular weight is 349 g/mol. The molecule has 0 bridgehead atoms. The van der Waals surface area contributed by atoms with Gasteiger partial charge in [0.25, 0.3) is 0 Å². The highest BCUT2D eigenvalue weighted by Crippen LogP contribution is 2.38. The van der Waals surface area contributed by atoms with Gasteiger partial charge in [-0.3, -0.25) is 4.79 Å². The first-order valence-electron chi connectivity index (χ1n) is 9.19. The maximum atomic E-state index is 12.8. The molecule has 5 heteroatoms. The quantitative estimate of drug-likeness (QED) is 0.753. The molecule has 0 aliphatic carbocycles. The Morgan fingerprint density at radius 2 is 1.76 bits per heavy atom. The molecule has 1 aromatic rings. The van der Waals surface area contributed by atoms with Crippen molar-refractivity contribution in [1.82, 2.24) is 4.90 Å². The Hall–Kier alpha value is -1.91. The Morgan fingerprint density at radius 1 is 1.08 bits per heavy atom. The maximum Gasteiger partial charge on any atom is 0.226 e. The second-order valence-electron chi connectivity index (χ2n) is 6.68. The first kappa shape index (κ1) is 19.4. The molecule has 1 aliphatic heterocycles. The van der Waals surface area contributed by atoms with E-state index in [0.29, 0.717) is 23.7 Å². The van der Waals surface area contributed by atoms with Crippen LogP contribution in [-0.2, 0) is 11.2 Å². The molecule has 1 atom stereocenters. The third-order valence-electron chi connectivity index (χ3n) is 4.98. The monoisotopic (exact) mass is 349 g/mol. The van der Waals surface area contributed by atoms with Crippen LogP contribution in [0.25, 0.3) is 0 Å². The summed E-state index contributed by atoms with van der Waals surface area (Å²) in [5.41, 5.74) is 0.883. The van der Waals surface area contributed by atoms with Crippen molar-refractivity contribution >= 4 is 5.91 Å². The van der Waals surface area contributed by atoms with Crippen LogP contribution in [0.2, 0.25) is 0 Å². The third-order valence-corrected chi connectivity index (χ3v) is 4.98. The van der Waals surface area contributed by atoms with Gasteiger partial charge in [-0.25, -0.2) is 0 Å². The zero-order valence-corrected chi connectivity index (χ0v) is 16.0. The number of hydrogen-bond acceptors (Lipinski definition) is 4. The van der Waals surface area contributed by atoms with Crippen molar-refractivity contribution in [3.8, 4) is 17.2 Å². The first-order valence-corrected chi connectivity index (χ1v) is 9.19. The number of carbonyl (C=O) groups excluding carboxylic acids is 1. The van der Waals surface area contributed by atoms with Crippen molar-refractivity contribution in [2.24, 2.45) is 5.92 Å². The van der Waals surface area contributed by atoms with Gasteiger partial charge >= 0.3 is 0 Å². The number of likely N-dealkylation sites (tertiary alicyclic amines) is 1. The molecule has 1 fully saturated rings. The molecule has 0 saturated carbocycles. The molecule has 1 aromatic carbocycles. The topological polar surface area (TPSA) is 48.0 Å². The second-order valence-corrected chi connectivity index (χ2v) is 6.68. The van der Waals surface area contributed by atoms with Gasteiger partial charge in [0.05, 0.1) is 27.8 Å². The summed E-state index contributed by atoms with van der Waals surface area (Å²) in [5.74, 6) is 2.67. The summed E-state index contributed by atoms with van der Waals surface area (Å²) in [5, 5.41) is 0. The summed E-state index contributed by atoms with van der Waals surface area (Å²) in [7, 11) is 4.76. The van der Waals surface area contributed by atoms with Crippen LogP contribution in [0.4, 0.5) is 0 Å². The zero-order valence-electron chi connectivity index (χ0n) is 16.0. The number of amides is 1. The minimum Gasteiger partial charge on any atom is -0.493 e. The Bertz CT molecular complexity index is 548. The highest BCUT2D eigenvalue weighted by atomic mass is 16.5. The van der Waals surface area contributed by atoms with Crippen molar-refractivity contribution in [3.05, 3.63) is 17.7 Å². The fourth-order valence-corrected chi connectivity index (χ4v) is 3.64. The lowest BCUT2D eigenvalue weighted by molar-refractivity contribution is -0.130. The fourth-order valence-electron chi connectivity index (χ4n) is 3.64. The van der Waals surface area contributed by atoms with E-state index in [4.69, 9.17) is 14.2 Å². The molecule has 1 amide bonds. The van der Waals surface area contributed by atoms with E-state index in [-0.39, 0.29) is 5.91 Å². The lowest BCUT2D eigenvalue weighted by Crippen LogP contribution is -2.33. The number of carbonyl (C=O) groups is 1. The smallest absolute Gasteiger partial charge is 0.226 e. The molecule has 5 nitrogen and oxygen atoms in total. The van der Waals surface area contributed by atoms with Crippen molar-refractivity contribution in [2.45, 2.75) is 45.4 Å². The standard InChI is InChI=1S/C20H31NO4/c1-5-7-15-8-6-10-21(11-9-15)19(22)14-16-12-17(23-2)20(25-4)18(13-16)24-3/h12-13,15H,5-11,14H2,1-4H3. The van der Waals surface area contributed by atoms with Gasteiger partial charge in [-0.2, -0.15) is 0 Å². The minimum atomic E-state index is 0.173. The van der Waals surface area contributed by atoms with Crippen LogP contribution in [0, 0.1) is 5.92 Å². The normalized spacial score (nSPS) is 17.8. The second kappa shape index (κ2) is 9.54. The van der Waals surface area contributed by atoms with Gasteiger partial charge in [0, 0.05) is 13.1 Å². The van der Waals surface area contributed by atoms with Gasteiger partial charge in [-0.1, -0.05) is 19.8 Å². The van der Waals surface area contributed by atoms with E-state index < -0.39 is 0 Å². The molecule has 1 saturated heterocycles. The van der Waals surface area contributed by atoms with Gasteiger partial charge in [0.2, 0.25) is 11.7 Å². The van der Waals surface area contributed by atoms with Crippen molar-refractivity contribution < 1.29 is 19.0 Å². The van der Waals surface area contributed by atoms with Crippen LogP contribution in [-0.4, -0.2) is 45.2 Å². The van der Waals surface area contributed by atoms with Gasteiger partial charge in [-0.15, -0.1) is 0 Å². The molecule has 1 aliphatic rings. The average Bonchev–Trinajstić information content (AvgIpc) is 2.86. The van der Waals surface area contributed by atoms with E-state index in [2.05, 4.69) is 6.92 Å². The number of methoxy groups -OCH3 is 3. The van der Waals surface area contributed by atoms with Crippen molar-refractivity contribution in [2.75, 3.05) is 34.4 Å². The Morgan fingerprint density at radius 3 is 2.32 bits per heavy atom. The SMILES string of the molecule is CCCC1CCCN(C(=O)Cc2cc(OC)c(OC)c(OC)c2)CC1. The van der Waals surface area contributed by atoms with Crippen molar-refractivity contribution in [1.29, 1.82) is 0 Å². The molecule has 0 aromatic heterocycles. The van der Waals surface area contributed by atoms with Gasteiger partial charge in [0.15, 0.2) is 11.5 Å². The lowest BCUT2D eigenvalue weighted by Gasteiger charge is -2.21. The van der Waals surface area contributed by atoms with Gasteiger partial charge < -0.3 is 19.1 Å². The molecule has 1 unspecified atom stereocenters. The number of nitrogens with zero attached hydrogens (tertiary/aromatic N) is 1. The summed E-state index contributed by atoms with van der Waals surface area (Å²) in [6, 6.07) is 3.72. The molecule has 25 heavy (non-hydrogen) atoms. The van der Waals surface area contributed by atoms with Crippen LogP contribution >= 0.6 is 0 Å². The maximum absolute atomic E-state index is 12.8. The predicted molar refractivity (Wildman–Crippen MR) is 98.6 cm³/mol. The summed E-state index contributed by atoms with van der Waals surface area (Å²) in [4.78, 5) is 14.8. The Kier molecular flexibility index (Phi) is 7.41. The summed E-state index contributed by atoms with van der Waals surface area (Å²) < 4.78 is 16.1. The molecular formula is C20H31NO4. The molecule has 140 valence electrons. The van der Waals surface area contributed by atoms with E-state index in [1.165, 1.54) is 19.3 Å². The highest BCUT2D eigenvalue weighted by Gasteiger charge is 2.21. The first-order chi connectivity index (χ1) is 12.1. The number of benzene rings is 1. The molecular weight excluding hydrogens is 318 g/mol. The van der Waals surface area contributed by atoms with Gasteiger partial charge in [0.1, 0.15) is 0 Å². The molecule has 0 radical (unpaired) electrons. The van der Waals surface area contributed by atoms with Crippen LogP contribution < -0.4 is 14.2 Å². The zero-order chi connectivity index (χ0) is 18.2. The van der Waals surface area contributed by atoms with Crippen molar-refractivity contribution in [3.63, 3.8) is 0 Å². The Labute approximate surface area is 151 Å². The number of hydrogen-bond donors (Lipinski definition) is 0. The molecule has 2 rings (SSSR count). The van der Waals surface area contributed by atoms with E-state index in [1.54, 1.807) is 21.3 Å².